The van der Waals surface area contributed by atoms with Gasteiger partial charge in [-0.15, -0.1) is 10.2 Å². The number of amides is 1. The molecule has 7 heteroatoms. The van der Waals surface area contributed by atoms with E-state index < -0.39 is 0 Å². The van der Waals surface area contributed by atoms with Crippen molar-refractivity contribution in [3.8, 4) is 23.0 Å². The topological polar surface area (TPSA) is 85.0 Å². The summed E-state index contributed by atoms with van der Waals surface area (Å²) in [6.07, 6.45) is 4.52. The normalized spacial score (nSPS) is 14.1. The van der Waals surface area contributed by atoms with Crippen LogP contribution >= 0.6 is 0 Å². The van der Waals surface area contributed by atoms with E-state index in [0.29, 0.717) is 30.6 Å². The Labute approximate surface area is 158 Å². The van der Waals surface area contributed by atoms with Crippen molar-refractivity contribution in [2.45, 2.75) is 20.3 Å². The van der Waals surface area contributed by atoms with Crippen LogP contribution in [0, 0.1) is 6.92 Å². The number of aromatic nitrogens is 4. The van der Waals surface area contributed by atoms with Gasteiger partial charge in [-0.2, -0.15) is 0 Å². The number of carbonyl (C=O) groups excluding carboxylic acids is 1. The van der Waals surface area contributed by atoms with Crippen LogP contribution in [-0.4, -0.2) is 44.1 Å². The van der Waals surface area contributed by atoms with Crippen LogP contribution in [0.4, 0.5) is 0 Å². The number of rotatable bonds is 3. The smallest absolute Gasteiger partial charge is 0.268 e. The monoisotopic (exact) mass is 363 g/mol. The van der Waals surface area contributed by atoms with Crippen LogP contribution in [0.25, 0.3) is 28.6 Å². The Balaban J connectivity index is 0.00000225. The van der Waals surface area contributed by atoms with E-state index >= 15 is 0 Å². The lowest BCUT2D eigenvalue weighted by atomic mass is 10.0. The number of hydrogen-bond acceptors (Lipinski definition) is 6. The molecule has 138 valence electrons. The molecule has 7 nitrogen and oxygen atoms in total. The minimum absolute atomic E-state index is 0. The van der Waals surface area contributed by atoms with Gasteiger partial charge in [0.2, 0.25) is 11.8 Å². The van der Waals surface area contributed by atoms with Crippen LogP contribution in [0.2, 0.25) is 0 Å². The average Bonchev–Trinajstić information content (AvgIpc) is 3.19. The van der Waals surface area contributed by atoms with Gasteiger partial charge < -0.3 is 9.32 Å². The maximum atomic E-state index is 11.5. The van der Waals surface area contributed by atoms with Crippen LogP contribution in [0.15, 0.2) is 47.0 Å². The van der Waals surface area contributed by atoms with Crippen molar-refractivity contribution in [3.63, 3.8) is 0 Å². The average molecular weight is 363 g/mol. The van der Waals surface area contributed by atoms with E-state index in [1.54, 1.807) is 18.0 Å². The van der Waals surface area contributed by atoms with Crippen molar-refractivity contribution in [1.82, 2.24) is 25.1 Å². The van der Waals surface area contributed by atoms with Gasteiger partial charge in [0.25, 0.3) is 5.89 Å². The van der Waals surface area contributed by atoms with E-state index in [1.165, 1.54) is 0 Å². The number of carbonyl (C=O) groups is 1. The zero-order valence-corrected chi connectivity index (χ0v) is 15.2. The van der Waals surface area contributed by atoms with E-state index in [4.69, 9.17) is 9.40 Å². The molecule has 0 radical (unpaired) electrons. The molecule has 0 saturated heterocycles. The number of nitrogens with zero attached hydrogens (tertiary/aromatic N) is 5. The number of benzene rings is 1. The summed E-state index contributed by atoms with van der Waals surface area (Å²) in [5.74, 6) is 0.883. The molecule has 27 heavy (non-hydrogen) atoms. The molecule has 3 aromatic rings. The van der Waals surface area contributed by atoms with Gasteiger partial charge in [0.05, 0.1) is 17.6 Å². The molecule has 0 spiro atoms. The van der Waals surface area contributed by atoms with Crippen molar-refractivity contribution in [2.24, 2.45) is 0 Å². The predicted octanol–water partition coefficient (Wildman–Crippen LogP) is 3.38. The summed E-state index contributed by atoms with van der Waals surface area (Å²) in [6, 6.07) is 9.61. The first kappa shape index (κ1) is 17.1. The largest absolute Gasteiger partial charge is 0.415 e. The molecule has 1 aliphatic heterocycles. The maximum Gasteiger partial charge on any atom is 0.268 e. The summed E-state index contributed by atoms with van der Waals surface area (Å²) >= 11 is 0. The SMILES string of the molecule is CC(=O)N1CC=C(c2cnc(C)c(-c3nnc(-c4ccccc4)o3)n2)CC1.[HH]. The van der Waals surface area contributed by atoms with Crippen LogP contribution in [0.1, 0.15) is 26.2 Å². The predicted molar refractivity (Wildman–Crippen MR) is 102 cm³/mol. The highest BCUT2D eigenvalue weighted by molar-refractivity contribution is 5.75. The van der Waals surface area contributed by atoms with E-state index in [-0.39, 0.29) is 7.33 Å². The second kappa shape index (κ2) is 7.11. The second-order valence-corrected chi connectivity index (χ2v) is 6.41. The third-order valence-corrected chi connectivity index (χ3v) is 4.59. The molecule has 0 N–H and O–H groups in total. The summed E-state index contributed by atoms with van der Waals surface area (Å²) in [4.78, 5) is 22.5. The van der Waals surface area contributed by atoms with Crippen molar-refractivity contribution >= 4 is 11.5 Å². The van der Waals surface area contributed by atoms with Crippen molar-refractivity contribution in [1.29, 1.82) is 0 Å². The standard InChI is InChI=1S/C20H19N5O2.H2/c1-13-18(20-24-23-19(27-20)16-6-4-3-5-7-16)22-17(12-21-13)15-8-10-25(11-9-15)14(2)26;/h3-8,12H,9-11H2,1-2H3;1H. The van der Waals surface area contributed by atoms with Gasteiger partial charge in [-0.1, -0.05) is 24.3 Å². The van der Waals surface area contributed by atoms with Gasteiger partial charge in [0.15, 0.2) is 0 Å². The Morgan fingerprint density at radius 1 is 1.19 bits per heavy atom. The van der Waals surface area contributed by atoms with Gasteiger partial charge in [-0.25, -0.2) is 4.98 Å². The zero-order chi connectivity index (χ0) is 18.8. The highest BCUT2D eigenvalue weighted by Gasteiger charge is 2.19. The lowest BCUT2D eigenvalue weighted by Gasteiger charge is -2.25. The lowest BCUT2D eigenvalue weighted by Crippen LogP contribution is -2.32. The summed E-state index contributed by atoms with van der Waals surface area (Å²) in [7, 11) is 0. The van der Waals surface area contributed by atoms with Crippen molar-refractivity contribution in [3.05, 3.63) is 54.0 Å². The van der Waals surface area contributed by atoms with Crippen molar-refractivity contribution in [2.75, 3.05) is 13.1 Å². The maximum absolute atomic E-state index is 11.5. The molecule has 0 fully saturated rings. The van der Waals surface area contributed by atoms with Gasteiger partial charge in [-0.3, -0.25) is 9.78 Å². The first-order valence-electron chi connectivity index (χ1n) is 8.79. The van der Waals surface area contributed by atoms with E-state index in [2.05, 4.69) is 15.2 Å². The molecule has 4 rings (SSSR count). The van der Waals surface area contributed by atoms with Gasteiger partial charge in [-0.05, 0) is 31.1 Å². The first-order valence-corrected chi connectivity index (χ1v) is 8.79. The third kappa shape index (κ3) is 3.48. The fourth-order valence-corrected chi connectivity index (χ4v) is 3.01. The van der Waals surface area contributed by atoms with Crippen molar-refractivity contribution < 1.29 is 10.6 Å². The molecule has 1 aromatic carbocycles. The summed E-state index contributed by atoms with van der Waals surface area (Å²) in [5, 5.41) is 8.29. The highest BCUT2D eigenvalue weighted by atomic mass is 16.4. The second-order valence-electron chi connectivity index (χ2n) is 6.41. The lowest BCUT2D eigenvalue weighted by molar-refractivity contribution is -0.128. The fourth-order valence-electron chi connectivity index (χ4n) is 3.01. The molecule has 2 aromatic heterocycles. The zero-order valence-electron chi connectivity index (χ0n) is 15.2. The molecular formula is C20H21N5O2. The Morgan fingerprint density at radius 2 is 1.96 bits per heavy atom. The van der Waals surface area contributed by atoms with Crippen LogP contribution in [0.5, 0.6) is 0 Å². The molecule has 1 aliphatic rings. The molecule has 0 bridgehead atoms. The van der Waals surface area contributed by atoms with Crippen LogP contribution in [0.3, 0.4) is 0 Å². The Morgan fingerprint density at radius 3 is 2.67 bits per heavy atom. The minimum Gasteiger partial charge on any atom is -0.415 e. The Hall–Kier alpha value is -3.35. The molecule has 0 saturated carbocycles. The molecule has 0 atom stereocenters. The third-order valence-electron chi connectivity index (χ3n) is 4.59. The van der Waals surface area contributed by atoms with Gasteiger partial charge in [0, 0.05) is 27.0 Å². The first-order chi connectivity index (χ1) is 13.1. The highest BCUT2D eigenvalue weighted by Crippen LogP contribution is 2.27. The van der Waals surface area contributed by atoms with E-state index in [0.717, 1.165) is 28.9 Å². The van der Waals surface area contributed by atoms with Crippen LogP contribution in [-0.2, 0) is 4.79 Å². The van der Waals surface area contributed by atoms with E-state index in [1.807, 2.05) is 43.3 Å². The molecule has 3 heterocycles. The minimum atomic E-state index is 0. The molecular weight excluding hydrogens is 342 g/mol. The molecule has 0 aliphatic carbocycles. The molecule has 0 unspecified atom stereocenters. The Kier molecular flexibility index (Phi) is 4.50. The quantitative estimate of drug-likeness (QED) is 0.709. The van der Waals surface area contributed by atoms with Gasteiger partial charge in [0.1, 0.15) is 5.69 Å². The van der Waals surface area contributed by atoms with E-state index in [9.17, 15) is 4.79 Å². The summed E-state index contributed by atoms with van der Waals surface area (Å²) < 4.78 is 5.83. The number of aryl methyl sites for hydroxylation is 1. The summed E-state index contributed by atoms with van der Waals surface area (Å²) in [5.41, 5.74) is 4.01. The fraction of sp³-hybridized carbons (Fsp3) is 0.250. The van der Waals surface area contributed by atoms with Gasteiger partial charge >= 0.3 is 0 Å². The Bertz CT molecular complexity index is 1020. The summed E-state index contributed by atoms with van der Waals surface area (Å²) in [6.45, 7) is 4.73. The number of hydrogen-bond donors (Lipinski definition) is 0. The molecule has 1 amide bonds. The van der Waals surface area contributed by atoms with Crippen LogP contribution < -0.4 is 0 Å².